The van der Waals surface area contributed by atoms with Crippen LogP contribution in [-0.2, 0) is 9.84 Å². The van der Waals surface area contributed by atoms with Crippen molar-refractivity contribution in [3.63, 3.8) is 0 Å². The number of aromatic nitrogens is 1. The molecule has 0 saturated heterocycles. The summed E-state index contributed by atoms with van der Waals surface area (Å²) in [6.45, 7) is 1.47. The summed E-state index contributed by atoms with van der Waals surface area (Å²) in [5.74, 6) is 0. The van der Waals surface area contributed by atoms with E-state index < -0.39 is 25.5 Å². The van der Waals surface area contributed by atoms with Crippen molar-refractivity contribution >= 4 is 15.5 Å². The summed E-state index contributed by atoms with van der Waals surface area (Å²) in [5, 5.41) is 10.1. The van der Waals surface area contributed by atoms with E-state index in [1.54, 1.807) is 0 Å². The Hall–Kier alpha value is -1.50. The van der Waals surface area contributed by atoms with Gasteiger partial charge in [0.1, 0.15) is 0 Å². The minimum Gasteiger partial charge on any atom is -0.258 e. The minimum atomic E-state index is -3.65. The lowest BCUT2D eigenvalue weighted by Gasteiger charge is -2.01. The first-order valence-electron chi connectivity index (χ1n) is 3.64. The van der Waals surface area contributed by atoms with Gasteiger partial charge in [-0.3, -0.25) is 10.1 Å². The summed E-state index contributed by atoms with van der Waals surface area (Å²) in [5.41, 5.74) is -0.166. The fourth-order valence-corrected chi connectivity index (χ4v) is 1.86. The first-order chi connectivity index (χ1) is 6.34. The van der Waals surface area contributed by atoms with E-state index >= 15 is 0 Å². The van der Waals surface area contributed by atoms with Crippen LogP contribution in [0.5, 0.6) is 0 Å². The number of hydrogen-bond acceptors (Lipinski definition) is 5. The second-order valence-corrected chi connectivity index (χ2v) is 4.74. The molecule has 1 rings (SSSR count). The van der Waals surface area contributed by atoms with Crippen molar-refractivity contribution in [2.75, 3.05) is 6.26 Å². The lowest BCUT2D eigenvalue weighted by molar-refractivity contribution is -0.388. The lowest BCUT2D eigenvalue weighted by Crippen LogP contribution is -2.06. The largest absolute Gasteiger partial charge is 0.309 e. The predicted octanol–water partition coefficient (Wildman–Crippen LogP) is 0.702. The third kappa shape index (κ3) is 1.87. The molecule has 0 amide bonds. The Labute approximate surface area is 80.7 Å². The quantitative estimate of drug-likeness (QED) is 0.536. The van der Waals surface area contributed by atoms with Crippen molar-refractivity contribution in [1.29, 1.82) is 0 Å². The van der Waals surface area contributed by atoms with Crippen LogP contribution in [0.4, 0.5) is 5.69 Å². The number of aryl methyl sites for hydroxylation is 1. The van der Waals surface area contributed by atoms with Crippen LogP contribution < -0.4 is 0 Å². The fraction of sp³-hybridized carbons (Fsp3) is 0.286. The number of sulfone groups is 1. The van der Waals surface area contributed by atoms with E-state index in [0.29, 0.717) is 0 Å². The molecule has 0 aromatic carbocycles. The summed E-state index contributed by atoms with van der Waals surface area (Å²) in [7, 11) is -3.65. The Morgan fingerprint density at radius 2 is 2.07 bits per heavy atom. The maximum atomic E-state index is 11.1. The lowest BCUT2D eigenvalue weighted by atomic mass is 10.3. The van der Waals surface area contributed by atoms with Crippen molar-refractivity contribution in [2.45, 2.75) is 11.9 Å². The van der Waals surface area contributed by atoms with E-state index in [0.717, 1.165) is 6.26 Å². The Morgan fingerprint density at radius 3 is 2.43 bits per heavy atom. The average molecular weight is 216 g/mol. The fourth-order valence-electron chi connectivity index (χ4n) is 1.02. The molecule has 0 aliphatic carbocycles. The van der Waals surface area contributed by atoms with Crippen LogP contribution in [0.3, 0.4) is 0 Å². The van der Waals surface area contributed by atoms with Crippen molar-refractivity contribution in [3.05, 3.63) is 27.9 Å². The van der Waals surface area contributed by atoms with E-state index in [1.165, 1.54) is 19.2 Å². The van der Waals surface area contributed by atoms with Gasteiger partial charge in [0.05, 0.1) is 4.92 Å². The molecule has 1 aromatic heterocycles. The average Bonchev–Trinajstić information content (AvgIpc) is 2.01. The molecule has 7 heteroatoms. The summed E-state index contributed by atoms with van der Waals surface area (Å²) in [6, 6.07) is 1.40. The first kappa shape index (κ1) is 10.6. The summed E-state index contributed by atoms with van der Waals surface area (Å²) < 4.78 is 22.3. The van der Waals surface area contributed by atoms with E-state index in [2.05, 4.69) is 4.98 Å². The maximum absolute atomic E-state index is 11.1. The standard InChI is InChI=1S/C7H8N2O4S/c1-5-3-4-8-7(14(2,12)13)6(5)9(10)11/h3-4H,1-2H3. The number of rotatable bonds is 2. The van der Waals surface area contributed by atoms with Crippen LogP contribution in [0.15, 0.2) is 17.3 Å². The molecular weight excluding hydrogens is 208 g/mol. The molecule has 6 nitrogen and oxygen atoms in total. The highest BCUT2D eigenvalue weighted by molar-refractivity contribution is 7.90. The molecule has 14 heavy (non-hydrogen) atoms. The molecule has 1 heterocycles. The van der Waals surface area contributed by atoms with Gasteiger partial charge < -0.3 is 0 Å². The third-order valence-electron chi connectivity index (χ3n) is 1.63. The van der Waals surface area contributed by atoms with E-state index in [1.807, 2.05) is 0 Å². The molecule has 0 N–H and O–H groups in total. The topological polar surface area (TPSA) is 90.2 Å². The summed E-state index contributed by atoms with van der Waals surface area (Å²) in [6.07, 6.45) is 2.13. The highest BCUT2D eigenvalue weighted by Gasteiger charge is 2.25. The van der Waals surface area contributed by atoms with Gasteiger partial charge in [0.15, 0.2) is 9.84 Å². The first-order valence-corrected chi connectivity index (χ1v) is 5.53. The van der Waals surface area contributed by atoms with Gasteiger partial charge in [-0.15, -0.1) is 0 Å². The zero-order valence-electron chi connectivity index (χ0n) is 7.59. The van der Waals surface area contributed by atoms with E-state index in [4.69, 9.17) is 0 Å². The van der Waals surface area contributed by atoms with Gasteiger partial charge in [-0.1, -0.05) is 0 Å². The normalized spacial score (nSPS) is 11.3. The third-order valence-corrected chi connectivity index (χ3v) is 2.63. The molecule has 0 radical (unpaired) electrons. The Kier molecular flexibility index (Phi) is 2.52. The number of nitrogens with zero attached hydrogens (tertiary/aromatic N) is 2. The number of hydrogen-bond donors (Lipinski definition) is 0. The van der Waals surface area contributed by atoms with E-state index in [-0.39, 0.29) is 5.56 Å². The second kappa shape index (κ2) is 3.33. The molecule has 1 aromatic rings. The van der Waals surface area contributed by atoms with Crippen LogP contribution in [0.1, 0.15) is 5.56 Å². The molecule has 76 valence electrons. The van der Waals surface area contributed by atoms with Crippen LogP contribution in [0, 0.1) is 17.0 Å². The predicted molar refractivity (Wildman–Crippen MR) is 48.7 cm³/mol. The maximum Gasteiger partial charge on any atom is 0.309 e. The highest BCUT2D eigenvalue weighted by Crippen LogP contribution is 2.24. The van der Waals surface area contributed by atoms with Gasteiger partial charge in [0, 0.05) is 18.0 Å². The molecule has 0 saturated carbocycles. The SMILES string of the molecule is Cc1ccnc(S(C)(=O)=O)c1[N+](=O)[O-]. The zero-order valence-corrected chi connectivity index (χ0v) is 8.41. The summed E-state index contributed by atoms with van der Waals surface area (Å²) in [4.78, 5) is 13.4. The van der Waals surface area contributed by atoms with Gasteiger partial charge in [-0.25, -0.2) is 13.4 Å². The van der Waals surface area contributed by atoms with Gasteiger partial charge in [-0.2, -0.15) is 0 Å². The van der Waals surface area contributed by atoms with Crippen LogP contribution in [0.25, 0.3) is 0 Å². The van der Waals surface area contributed by atoms with Crippen molar-refractivity contribution in [1.82, 2.24) is 4.98 Å². The van der Waals surface area contributed by atoms with E-state index in [9.17, 15) is 18.5 Å². The molecule has 0 atom stereocenters. The van der Waals surface area contributed by atoms with Crippen molar-refractivity contribution in [3.8, 4) is 0 Å². The van der Waals surface area contributed by atoms with Crippen molar-refractivity contribution in [2.24, 2.45) is 0 Å². The van der Waals surface area contributed by atoms with Crippen LogP contribution >= 0.6 is 0 Å². The van der Waals surface area contributed by atoms with Gasteiger partial charge >= 0.3 is 5.69 Å². The van der Waals surface area contributed by atoms with Crippen LogP contribution in [0.2, 0.25) is 0 Å². The highest BCUT2D eigenvalue weighted by atomic mass is 32.2. The zero-order chi connectivity index (χ0) is 10.9. The molecule has 0 spiro atoms. The molecule has 0 aliphatic heterocycles. The van der Waals surface area contributed by atoms with Crippen LogP contribution in [-0.4, -0.2) is 24.6 Å². The molecule has 0 fully saturated rings. The Balaban J connectivity index is 3.61. The van der Waals surface area contributed by atoms with Gasteiger partial charge in [-0.05, 0) is 13.0 Å². The molecule has 0 unspecified atom stereocenters. The number of pyridine rings is 1. The summed E-state index contributed by atoms with van der Waals surface area (Å²) >= 11 is 0. The molecular formula is C7H8N2O4S. The smallest absolute Gasteiger partial charge is 0.258 e. The van der Waals surface area contributed by atoms with Gasteiger partial charge in [0.2, 0.25) is 5.03 Å². The molecule has 0 bridgehead atoms. The second-order valence-electron chi connectivity index (χ2n) is 2.81. The Bertz CT molecular complexity index is 480. The Morgan fingerprint density at radius 1 is 1.50 bits per heavy atom. The monoisotopic (exact) mass is 216 g/mol. The minimum absolute atomic E-state index is 0.283. The molecule has 0 aliphatic rings. The van der Waals surface area contributed by atoms with Crippen molar-refractivity contribution < 1.29 is 13.3 Å². The van der Waals surface area contributed by atoms with Gasteiger partial charge in [0.25, 0.3) is 0 Å². The number of nitro groups is 1.